The Morgan fingerprint density at radius 2 is 2.03 bits per heavy atom. The molecule has 1 aliphatic heterocycles. The minimum Gasteiger partial charge on any atom is -0.391 e. The summed E-state index contributed by atoms with van der Waals surface area (Å²) in [5, 5.41) is 16.6. The van der Waals surface area contributed by atoms with Crippen LogP contribution in [0.5, 0.6) is 0 Å². The van der Waals surface area contributed by atoms with E-state index in [0.717, 1.165) is 5.56 Å². The first kappa shape index (κ1) is 26.5. The first-order valence-electron chi connectivity index (χ1n) is 12.0. The molecule has 3 atom stereocenters. The number of benzene rings is 2. The van der Waals surface area contributed by atoms with Gasteiger partial charge in [-0.2, -0.15) is 0 Å². The number of fused-ring (bicyclic) bond motifs is 1. The number of nitrogens with one attached hydrogen (secondary N) is 2. The first-order valence-corrected chi connectivity index (χ1v) is 12.4. The molecule has 0 aliphatic carbocycles. The Balaban J connectivity index is 1.56. The number of carbonyl (C=O) groups is 2. The molecule has 0 bridgehead atoms. The lowest BCUT2D eigenvalue weighted by Crippen LogP contribution is -2.48. The second kappa shape index (κ2) is 10.8. The molecule has 3 aromatic rings. The van der Waals surface area contributed by atoms with E-state index in [0.29, 0.717) is 45.3 Å². The van der Waals surface area contributed by atoms with Crippen LogP contribution in [-0.4, -0.2) is 51.0 Å². The van der Waals surface area contributed by atoms with Gasteiger partial charge in [0.2, 0.25) is 11.9 Å². The highest BCUT2D eigenvalue weighted by Crippen LogP contribution is 2.32. The van der Waals surface area contributed by atoms with Gasteiger partial charge >= 0.3 is 0 Å². The third-order valence-electron chi connectivity index (χ3n) is 6.55. The molecule has 8 nitrogen and oxygen atoms in total. The van der Waals surface area contributed by atoms with E-state index >= 15 is 0 Å². The lowest BCUT2D eigenvalue weighted by Gasteiger charge is -2.29. The summed E-state index contributed by atoms with van der Waals surface area (Å²) in [5.74, 6) is -0.793. The van der Waals surface area contributed by atoms with Gasteiger partial charge in [-0.25, -0.2) is 14.4 Å². The van der Waals surface area contributed by atoms with Gasteiger partial charge in [0.15, 0.2) is 0 Å². The number of nitrogens with zero attached hydrogens (tertiary/aromatic N) is 3. The van der Waals surface area contributed by atoms with Crippen molar-refractivity contribution in [3.63, 3.8) is 0 Å². The van der Waals surface area contributed by atoms with Crippen molar-refractivity contribution in [3.05, 3.63) is 75.7 Å². The molecular formula is C27H29ClFN5O3. The molecule has 3 N–H and O–H groups in total. The summed E-state index contributed by atoms with van der Waals surface area (Å²) < 4.78 is 14.1. The summed E-state index contributed by atoms with van der Waals surface area (Å²) in [6.45, 7) is 5.41. The van der Waals surface area contributed by atoms with Gasteiger partial charge in [0, 0.05) is 24.7 Å². The number of aryl methyl sites for hydroxylation is 1. The summed E-state index contributed by atoms with van der Waals surface area (Å²) in [7, 11) is 1.70. The maximum Gasteiger partial charge on any atom is 0.255 e. The van der Waals surface area contributed by atoms with E-state index in [9.17, 15) is 19.1 Å². The monoisotopic (exact) mass is 525 g/mol. The van der Waals surface area contributed by atoms with Gasteiger partial charge in [-0.05, 0) is 55.2 Å². The van der Waals surface area contributed by atoms with Crippen LogP contribution in [0.4, 0.5) is 10.3 Å². The van der Waals surface area contributed by atoms with Gasteiger partial charge in [0.05, 0.1) is 29.1 Å². The Bertz CT molecular complexity index is 1330. The maximum absolute atomic E-state index is 14.1. The van der Waals surface area contributed by atoms with E-state index in [-0.39, 0.29) is 12.5 Å². The molecule has 2 heterocycles. The molecule has 2 amide bonds. The summed E-state index contributed by atoms with van der Waals surface area (Å²) in [4.78, 5) is 36.5. The molecule has 194 valence electrons. The van der Waals surface area contributed by atoms with E-state index in [1.807, 2.05) is 12.1 Å². The van der Waals surface area contributed by atoms with Crippen LogP contribution in [-0.2, 0) is 11.3 Å². The number of amides is 2. The molecule has 0 radical (unpaired) electrons. The van der Waals surface area contributed by atoms with Gasteiger partial charge in [-0.15, -0.1) is 0 Å². The molecule has 2 aromatic carbocycles. The molecule has 10 heteroatoms. The van der Waals surface area contributed by atoms with Crippen molar-refractivity contribution >= 4 is 29.4 Å². The van der Waals surface area contributed by atoms with Crippen LogP contribution in [0.25, 0.3) is 11.3 Å². The second-order valence-electron chi connectivity index (χ2n) is 9.14. The zero-order valence-electron chi connectivity index (χ0n) is 21.0. The highest BCUT2D eigenvalue weighted by atomic mass is 35.5. The Morgan fingerprint density at radius 1 is 1.27 bits per heavy atom. The fraction of sp³-hybridized carbons (Fsp3) is 0.333. The molecule has 37 heavy (non-hydrogen) atoms. The van der Waals surface area contributed by atoms with Crippen molar-refractivity contribution in [1.82, 2.24) is 20.2 Å². The van der Waals surface area contributed by atoms with Crippen LogP contribution in [0.2, 0.25) is 5.02 Å². The SMILES string of the molecule is CCC(O)C(NC(=O)[C@@H](C)N1Cc2ccc(-c3nc(NC)ncc3Cl)cc2C1=O)c1cc(C)cc(F)c1. The average molecular weight is 526 g/mol. The number of hydrogen-bond acceptors (Lipinski definition) is 6. The normalized spacial score (nSPS) is 15.2. The average Bonchev–Trinajstić information content (AvgIpc) is 3.21. The largest absolute Gasteiger partial charge is 0.391 e. The minimum absolute atomic E-state index is 0.252. The Labute approximate surface area is 219 Å². The number of halogens is 2. The topological polar surface area (TPSA) is 107 Å². The number of hydrogen-bond donors (Lipinski definition) is 3. The summed E-state index contributed by atoms with van der Waals surface area (Å²) >= 11 is 6.31. The molecule has 0 spiro atoms. The number of anilines is 1. The molecule has 0 saturated carbocycles. The van der Waals surface area contributed by atoms with Gasteiger partial charge in [0.25, 0.3) is 5.91 Å². The Kier molecular flexibility index (Phi) is 7.75. The predicted molar refractivity (Wildman–Crippen MR) is 140 cm³/mol. The van der Waals surface area contributed by atoms with Crippen LogP contribution >= 0.6 is 11.6 Å². The van der Waals surface area contributed by atoms with Crippen molar-refractivity contribution in [2.45, 2.75) is 51.9 Å². The van der Waals surface area contributed by atoms with E-state index in [4.69, 9.17) is 11.6 Å². The number of rotatable bonds is 8. The minimum atomic E-state index is -0.925. The van der Waals surface area contributed by atoms with Gasteiger partial charge in [-0.3, -0.25) is 9.59 Å². The summed E-state index contributed by atoms with van der Waals surface area (Å²) in [6.07, 6.45) is 0.920. The van der Waals surface area contributed by atoms with Crippen LogP contribution in [0.15, 0.2) is 42.6 Å². The standard InChI is InChI=1S/C27H29ClFN5O3/c1-5-22(35)24(18-8-14(2)9-19(29)10-18)32-25(36)15(3)34-13-17-7-6-16(11-20(17)26(34)37)23-21(28)12-31-27(30-4)33-23/h6-12,15,22,24,35H,5,13H2,1-4H3,(H,32,36)(H,30,31,33)/t15-,22?,24?/m1/s1. The van der Waals surface area contributed by atoms with Gasteiger partial charge in [0.1, 0.15) is 11.9 Å². The van der Waals surface area contributed by atoms with Crippen LogP contribution in [0, 0.1) is 12.7 Å². The zero-order valence-corrected chi connectivity index (χ0v) is 21.8. The second-order valence-corrected chi connectivity index (χ2v) is 9.55. The smallest absolute Gasteiger partial charge is 0.255 e. The molecule has 0 fully saturated rings. The van der Waals surface area contributed by atoms with Crippen molar-refractivity contribution in [3.8, 4) is 11.3 Å². The molecule has 2 unspecified atom stereocenters. The van der Waals surface area contributed by atoms with E-state index < -0.39 is 29.9 Å². The van der Waals surface area contributed by atoms with E-state index in [1.165, 1.54) is 23.2 Å². The molecule has 1 aromatic heterocycles. The highest BCUT2D eigenvalue weighted by Gasteiger charge is 2.35. The lowest BCUT2D eigenvalue weighted by molar-refractivity contribution is -0.126. The number of carbonyl (C=O) groups excluding carboxylic acids is 2. The van der Waals surface area contributed by atoms with Crippen molar-refractivity contribution in [2.24, 2.45) is 0 Å². The third-order valence-corrected chi connectivity index (χ3v) is 6.83. The Morgan fingerprint density at radius 3 is 2.70 bits per heavy atom. The van der Waals surface area contributed by atoms with Crippen molar-refractivity contribution in [2.75, 3.05) is 12.4 Å². The van der Waals surface area contributed by atoms with Crippen LogP contribution in [0.3, 0.4) is 0 Å². The first-order chi connectivity index (χ1) is 17.6. The number of aromatic nitrogens is 2. The number of aliphatic hydroxyl groups is 1. The molecule has 4 rings (SSSR count). The zero-order chi connectivity index (χ0) is 26.9. The lowest BCUT2D eigenvalue weighted by atomic mass is 9.97. The fourth-order valence-corrected chi connectivity index (χ4v) is 4.67. The quantitative estimate of drug-likeness (QED) is 0.405. The van der Waals surface area contributed by atoms with Crippen molar-refractivity contribution < 1.29 is 19.1 Å². The third kappa shape index (κ3) is 5.42. The van der Waals surface area contributed by atoms with Crippen LogP contribution in [0.1, 0.15) is 53.4 Å². The molecular weight excluding hydrogens is 497 g/mol. The fourth-order valence-electron chi connectivity index (χ4n) is 4.47. The van der Waals surface area contributed by atoms with Crippen LogP contribution < -0.4 is 10.6 Å². The summed E-state index contributed by atoms with van der Waals surface area (Å²) in [5.41, 5.74) is 3.53. The summed E-state index contributed by atoms with van der Waals surface area (Å²) in [6, 6.07) is 8.13. The molecule has 1 aliphatic rings. The van der Waals surface area contributed by atoms with Gasteiger partial charge in [-0.1, -0.05) is 36.7 Å². The van der Waals surface area contributed by atoms with Crippen molar-refractivity contribution in [1.29, 1.82) is 0 Å². The predicted octanol–water partition coefficient (Wildman–Crippen LogP) is 4.26. The number of aliphatic hydroxyl groups excluding tert-OH is 1. The Hall–Kier alpha value is -3.56. The van der Waals surface area contributed by atoms with E-state index in [2.05, 4.69) is 20.6 Å². The maximum atomic E-state index is 14.1. The van der Waals surface area contributed by atoms with E-state index in [1.54, 1.807) is 40.0 Å². The van der Waals surface area contributed by atoms with Gasteiger partial charge < -0.3 is 20.6 Å². The molecule has 0 saturated heterocycles. The highest BCUT2D eigenvalue weighted by molar-refractivity contribution is 6.33.